The number of ether oxygens (including phenoxy) is 2. The molecule has 0 aromatic rings. The molecule has 0 unspecified atom stereocenters. The van der Waals surface area contributed by atoms with Gasteiger partial charge in [-0.15, -0.1) is 0 Å². The van der Waals surface area contributed by atoms with Crippen molar-refractivity contribution in [3.63, 3.8) is 0 Å². The zero-order valence-electron chi connectivity index (χ0n) is 14.7. The predicted molar refractivity (Wildman–Crippen MR) is 91.4 cm³/mol. The normalized spacial score (nSPS) is 34.0. The average Bonchev–Trinajstić information content (AvgIpc) is 2.86. The number of hydrogen-bond acceptors (Lipinski definition) is 6. The van der Waals surface area contributed by atoms with E-state index in [9.17, 15) is 14.7 Å². The van der Waals surface area contributed by atoms with Gasteiger partial charge < -0.3 is 19.7 Å². The summed E-state index contributed by atoms with van der Waals surface area (Å²) in [6, 6.07) is 0. The van der Waals surface area contributed by atoms with Gasteiger partial charge in [0.25, 0.3) is 0 Å². The van der Waals surface area contributed by atoms with Gasteiger partial charge in [-0.2, -0.15) is 0 Å². The summed E-state index contributed by atoms with van der Waals surface area (Å²) < 4.78 is 11.1. The predicted octanol–water partition coefficient (Wildman–Crippen LogP) is 1.67. The smallest absolute Gasteiger partial charge is 0.336 e. The number of carbonyl (C=O) groups excluding carboxylic acids is 2. The number of rotatable bonds is 4. The number of fused-ring (bicyclic) bond motifs is 1. The molecule has 2 N–H and O–H groups in total. The molecule has 4 atom stereocenters. The topological polar surface area (TPSA) is 93.1 Å². The van der Waals surface area contributed by atoms with E-state index in [0.717, 1.165) is 17.6 Å². The molecule has 6 nitrogen and oxygen atoms in total. The first-order valence-electron chi connectivity index (χ1n) is 8.53. The second kappa shape index (κ2) is 8.45. The van der Waals surface area contributed by atoms with E-state index in [4.69, 9.17) is 14.6 Å². The molecule has 0 bridgehead atoms. The Morgan fingerprint density at radius 3 is 2.80 bits per heavy atom. The molecule has 0 spiro atoms. The Balaban J connectivity index is 2.37. The molecule has 25 heavy (non-hydrogen) atoms. The van der Waals surface area contributed by atoms with E-state index in [1.54, 1.807) is 13.0 Å². The number of aliphatic hydroxyl groups excluding tert-OH is 2. The average molecular weight is 350 g/mol. The third-order valence-corrected chi connectivity index (χ3v) is 4.83. The molecule has 1 saturated heterocycles. The Bertz CT molecular complexity index is 603. The molecule has 0 saturated carbocycles. The van der Waals surface area contributed by atoms with Crippen LogP contribution in [0.15, 0.2) is 35.5 Å². The molecule has 6 heteroatoms. The summed E-state index contributed by atoms with van der Waals surface area (Å²) in [5.74, 6) is -1.81. The van der Waals surface area contributed by atoms with Crippen LogP contribution in [0.1, 0.15) is 33.1 Å². The standard InChI is InChI=1S/C19H26O6/c1-11-5-4-6-14(10-21)8-16-17(13(3)19(23)25-16)15(7-11)24-18(22)12(2)9-20/h5,8,13,15-17,20-21H,2,4,6-7,9-10H2,1,3H3/b11-5-,14-8+/t13-,15-,16+,17+/m0/s1. The van der Waals surface area contributed by atoms with Gasteiger partial charge in [-0.1, -0.05) is 25.2 Å². The highest BCUT2D eigenvalue weighted by atomic mass is 16.6. The lowest BCUT2D eigenvalue weighted by atomic mass is 9.82. The molecule has 1 heterocycles. The van der Waals surface area contributed by atoms with Gasteiger partial charge in [0.15, 0.2) is 0 Å². The summed E-state index contributed by atoms with van der Waals surface area (Å²) in [4.78, 5) is 24.2. The van der Waals surface area contributed by atoms with Gasteiger partial charge in [-0.25, -0.2) is 4.79 Å². The van der Waals surface area contributed by atoms with Gasteiger partial charge in [-0.3, -0.25) is 4.79 Å². The summed E-state index contributed by atoms with van der Waals surface area (Å²) in [5.41, 5.74) is 1.81. The second-order valence-corrected chi connectivity index (χ2v) is 6.75. The summed E-state index contributed by atoms with van der Waals surface area (Å²) in [6.07, 6.45) is 4.63. The van der Waals surface area contributed by atoms with Crippen LogP contribution >= 0.6 is 0 Å². The molecule has 138 valence electrons. The van der Waals surface area contributed by atoms with Crippen molar-refractivity contribution in [1.29, 1.82) is 0 Å². The first kappa shape index (κ1) is 19.4. The molecule has 1 fully saturated rings. The third kappa shape index (κ3) is 4.58. The van der Waals surface area contributed by atoms with Crippen LogP contribution in [-0.4, -0.2) is 47.6 Å². The van der Waals surface area contributed by atoms with E-state index in [0.29, 0.717) is 12.8 Å². The fourth-order valence-corrected chi connectivity index (χ4v) is 3.33. The maximum atomic E-state index is 12.1. The number of aliphatic hydroxyl groups is 2. The zero-order chi connectivity index (χ0) is 18.6. The quantitative estimate of drug-likeness (QED) is 0.455. The van der Waals surface area contributed by atoms with Crippen molar-refractivity contribution in [2.75, 3.05) is 13.2 Å². The summed E-state index contributed by atoms with van der Waals surface area (Å²) in [7, 11) is 0. The molecule has 0 radical (unpaired) electrons. The molecule has 1 aliphatic carbocycles. The Hall–Kier alpha value is -1.92. The Kier molecular flexibility index (Phi) is 6.56. The van der Waals surface area contributed by atoms with Gasteiger partial charge in [0.1, 0.15) is 12.2 Å². The van der Waals surface area contributed by atoms with Crippen LogP contribution in [0.5, 0.6) is 0 Å². The van der Waals surface area contributed by atoms with Crippen LogP contribution in [0.3, 0.4) is 0 Å². The van der Waals surface area contributed by atoms with E-state index < -0.39 is 30.7 Å². The lowest BCUT2D eigenvalue weighted by Gasteiger charge is -2.29. The van der Waals surface area contributed by atoms with Crippen LogP contribution in [0.4, 0.5) is 0 Å². The van der Waals surface area contributed by atoms with Crippen LogP contribution in [0, 0.1) is 11.8 Å². The van der Waals surface area contributed by atoms with Crippen LogP contribution in [0.25, 0.3) is 0 Å². The molecule has 0 amide bonds. The molecule has 0 aromatic heterocycles. The molecular weight excluding hydrogens is 324 g/mol. The first-order valence-corrected chi connectivity index (χ1v) is 8.53. The van der Waals surface area contributed by atoms with E-state index >= 15 is 0 Å². The van der Waals surface area contributed by atoms with Crippen molar-refractivity contribution in [2.45, 2.75) is 45.3 Å². The van der Waals surface area contributed by atoms with Gasteiger partial charge in [0.2, 0.25) is 0 Å². The van der Waals surface area contributed by atoms with Crippen LogP contribution in [-0.2, 0) is 19.1 Å². The van der Waals surface area contributed by atoms with Crippen molar-refractivity contribution in [3.8, 4) is 0 Å². The Labute approximate surface area is 147 Å². The fourth-order valence-electron chi connectivity index (χ4n) is 3.33. The Morgan fingerprint density at radius 2 is 2.16 bits per heavy atom. The number of esters is 2. The highest BCUT2D eigenvalue weighted by Crippen LogP contribution is 2.37. The van der Waals surface area contributed by atoms with E-state index in [2.05, 4.69) is 6.58 Å². The highest BCUT2D eigenvalue weighted by molar-refractivity contribution is 5.88. The molecule has 0 aromatic carbocycles. The van der Waals surface area contributed by atoms with Gasteiger partial charge in [0, 0.05) is 6.42 Å². The summed E-state index contributed by atoms with van der Waals surface area (Å²) in [6.45, 7) is 6.62. The minimum Gasteiger partial charge on any atom is -0.458 e. The highest BCUT2D eigenvalue weighted by Gasteiger charge is 2.47. The number of carbonyl (C=O) groups is 2. The van der Waals surface area contributed by atoms with Gasteiger partial charge >= 0.3 is 11.9 Å². The number of hydrogen-bond donors (Lipinski definition) is 2. The number of allylic oxidation sites excluding steroid dienone is 1. The maximum absolute atomic E-state index is 12.1. The zero-order valence-corrected chi connectivity index (χ0v) is 14.7. The fraction of sp³-hybridized carbons (Fsp3) is 0.579. The minimum absolute atomic E-state index is 0.0280. The van der Waals surface area contributed by atoms with E-state index in [-0.39, 0.29) is 24.1 Å². The van der Waals surface area contributed by atoms with Crippen LogP contribution < -0.4 is 0 Å². The Morgan fingerprint density at radius 1 is 1.44 bits per heavy atom. The van der Waals surface area contributed by atoms with E-state index in [1.807, 2.05) is 13.0 Å². The SMILES string of the molecule is C=C(CO)C(=O)O[C@H]1C/C(C)=C\CC/C(CO)=C\[C@H]2OC(=O)[C@@H](C)[C@H]12. The van der Waals surface area contributed by atoms with Crippen molar-refractivity contribution in [2.24, 2.45) is 11.8 Å². The lowest BCUT2D eigenvalue weighted by Crippen LogP contribution is -2.36. The van der Waals surface area contributed by atoms with Crippen molar-refractivity contribution in [3.05, 3.63) is 35.5 Å². The molecule has 2 aliphatic rings. The lowest BCUT2D eigenvalue weighted by molar-refractivity contribution is -0.148. The van der Waals surface area contributed by atoms with Crippen LogP contribution in [0.2, 0.25) is 0 Å². The van der Waals surface area contributed by atoms with Gasteiger partial charge in [0.05, 0.1) is 30.6 Å². The van der Waals surface area contributed by atoms with E-state index in [1.165, 1.54) is 0 Å². The van der Waals surface area contributed by atoms with Gasteiger partial charge in [-0.05, 0) is 31.4 Å². The monoisotopic (exact) mass is 350 g/mol. The second-order valence-electron chi connectivity index (χ2n) is 6.75. The largest absolute Gasteiger partial charge is 0.458 e. The van der Waals surface area contributed by atoms with Crippen molar-refractivity contribution >= 4 is 11.9 Å². The molecule has 2 rings (SSSR count). The summed E-state index contributed by atoms with van der Waals surface area (Å²) in [5, 5.41) is 18.6. The summed E-state index contributed by atoms with van der Waals surface area (Å²) >= 11 is 0. The first-order chi connectivity index (χ1) is 11.9. The minimum atomic E-state index is -0.672. The third-order valence-electron chi connectivity index (χ3n) is 4.83. The maximum Gasteiger partial charge on any atom is 0.336 e. The molecule has 1 aliphatic heterocycles. The molecular formula is C19H26O6. The van der Waals surface area contributed by atoms with Crippen molar-refractivity contribution < 1.29 is 29.3 Å². The van der Waals surface area contributed by atoms with Crippen molar-refractivity contribution in [1.82, 2.24) is 0 Å².